The molecule has 0 aromatic heterocycles. The number of nitriles is 1. The molecule has 0 heterocycles. The molecule has 1 amide bonds. The highest BCUT2D eigenvalue weighted by Crippen LogP contribution is 2.23. The lowest BCUT2D eigenvalue weighted by Gasteiger charge is -2.27. The molecule has 25 heavy (non-hydrogen) atoms. The van der Waals surface area contributed by atoms with Crippen LogP contribution >= 0.6 is 0 Å². The molecule has 0 saturated carbocycles. The van der Waals surface area contributed by atoms with Crippen molar-refractivity contribution in [2.45, 2.75) is 32.7 Å². The maximum absolute atomic E-state index is 12.1. The first-order chi connectivity index (χ1) is 11.5. The van der Waals surface area contributed by atoms with Gasteiger partial charge in [-0.1, -0.05) is 13.8 Å². The topological polar surface area (TPSA) is 88.4 Å². The van der Waals surface area contributed by atoms with Gasteiger partial charge in [0.25, 0.3) is 5.91 Å². The summed E-state index contributed by atoms with van der Waals surface area (Å²) in [5, 5.41) is 11.6. The molecule has 6 nitrogen and oxygen atoms in total. The number of carbonyl (C=O) groups is 2. The second kappa shape index (κ2) is 7.88. The van der Waals surface area contributed by atoms with Gasteiger partial charge >= 0.3 is 12.3 Å². The first-order valence-corrected chi connectivity index (χ1v) is 7.22. The second-order valence-corrected chi connectivity index (χ2v) is 5.67. The van der Waals surface area contributed by atoms with Crippen molar-refractivity contribution in [3.8, 4) is 11.8 Å². The quantitative estimate of drug-likeness (QED) is 0.790. The van der Waals surface area contributed by atoms with Gasteiger partial charge in [0.05, 0.1) is 11.6 Å². The number of rotatable bonds is 6. The molecule has 0 aliphatic rings. The van der Waals surface area contributed by atoms with Crippen LogP contribution in [0.1, 0.15) is 31.1 Å². The van der Waals surface area contributed by atoms with Gasteiger partial charge < -0.3 is 14.8 Å². The van der Waals surface area contributed by atoms with Crippen molar-refractivity contribution in [1.82, 2.24) is 5.32 Å². The molecular weight excluding hydrogens is 341 g/mol. The molecule has 1 atom stereocenters. The van der Waals surface area contributed by atoms with E-state index < -0.39 is 36.1 Å². The van der Waals surface area contributed by atoms with Crippen molar-refractivity contribution in [2.24, 2.45) is 5.92 Å². The number of nitrogens with one attached hydrogen (secondary N) is 1. The van der Waals surface area contributed by atoms with Crippen LogP contribution in [0.25, 0.3) is 0 Å². The molecule has 0 unspecified atom stereocenters. The van der Waals surface area contributed by atoms with E-state index in [9.17, 15) is 22.8 Å². The van der Waals surface area contributed by atoms with Crippen LogP contribution in [0.15, 0.2) is 24.3 Å². The summed E-state index contributed by atoms with van der Waals surface area (Å²) in [6.45, 7) is 4.42. The van der Waals surface area contributed by atoms with Gasteiger partial charge in [0, 0.05) is 0 Å². The summed E-state index contributed by atoms with van der Waals surface area (Å²) in [4.78, 5) is 23.6. The summed E-state index contributed by atoms with van der Waals surface area (Å²) in [7, 11) is 0. The summed E-state index contributed by atoms with van der Waals surface area (Å²) in [5.74, 6) is -2.21. The fourth-order valence-electron chi connectivity index (χ4n) is 1.63. The third-order valence-electron chi connectivity index (χ3n) is 3.44. The number of carbonyl (C=O) groups excluding carboxylic acids is 2. The van der Waals surface area contributed by atoms with Gasteiger partial charge in [-0.3, -0.25) is 4.79 Å². The van der Waals surface area contributed by atoms with Crippen LogP contribution in [0, 0.1) is 17.2 Å². The van der Waals surface area contributed by atoms with Crippen LogP contribution in [-0.4, -0.2) is 30.4 Å². The average molecular weight is 358 g/mol. The van der Waals surface area contributed by atoms with Crippen molar-refractivity contribution in [1.29, 1.82) is 5.26 Å². The first-order valence-electron chi connectivity index (χ1n) is 7.22. The van der Waals surface area contributed by atoms with Crippen molar-refractivity contribution >= 4 is 11.9 Å². The predicted molar refractivity (Wildman–Crippen MR) is 80.4 cm³/mol. The highest BCUT2D eigenvalue weighted by molar-refractivity contribution is 5.91. The monoisotopic (exact) mass is 358 g/mol. The molecule has 136 valence electrons. The standard InChI is InChI=1S/C16H17F3N2O4/c1-10(2)15(3,9-20)21-13(22)8-24-14(23)11-4-6-12(7-5-11)25-16(17,18)19/h4-7,10H,8H2,1-3H3,(H,21,22)/t15-/m0/s1. The van der Waals surface area contributed by atoms with E-state index in [1.54, 1.807) is 13.8 Å². The van der Waals surface area contributed by atoms with Gasteiger partial charge in [0.2, 0.25) is 0 Å². The molecule has 1 aromatic carbocycles. The van der Waals surface area contributed by atoms with E-state index in [4.69, 9.17) is 10.00 Å². The van der Waals surface area contributed by atoms with E-state index in [-0.39, 0.29) is 11.5 Å². The third-order valence-corrected chi connectivity index (χ3v) is 3.44. The zero-order valence-electron chi connectivity index (χ0n) is 13.8. The zero-order valence-corrected chi connectivity index (χ0v) is 13.8. The van der Waals surface area contributed by atoms with E-state index in [1.165, 1.54) is 6.92 Å². The Kier molecular flexibility index (Phi) is 6.39. The van der Waals surface area contributed by atoms with E-state index >= 15 is 0 Å². The van der Waals surface area contributed by atoms with Crippen LogP contribution in [0.2, 0.25) is 0 Å². The van der Waals surface area contributed by atoms with Gasteiger partial charge in [-0.2, -0.15) is 5.26 Å². The Balaban J connectivity index is 2.60. The lowest BCUT2D eigenvalue weighted by Crippen LogP contribution is -2.50. The SMILES string of the molecule is CC(C)[C@](C)(C#N)NC(=O)COC(=O)c1ccc(OC(F)(F)F)cc1. The van der Waals surface area contributed by atoms with E-state index in [2.05, 4.69) is 10.1 Å². The van der Waals surface area contributed by atoms with Gasteiger partial charge in [0.15, 0.2) is 6.61 Å². The Labute approximate surface area is 142 Å². The molecule has 0 saturated heterocycles. The molecule has 0 aliphatic heterocycles. The van der Waals surface area contributed by atoms with Crippen molar-refractivity contribution < 1.29 is 32.2 Å². The highest BCUT2D eigenvalue weighted by atomic mass is 19.4. The molecule has 1 aromatic rings. The number of benzene rings is 1. The normalized spacial score (nSPS) is 13.5. The summed E-state index contributed by atoms with van der Waals surface area (Å²) < 4.78 is 44.6. The fraction of sp³-hybridized carbons (Fsp3) is 0.438. The second-order valence-electron chi connectivity index (χ2n) is 5.67. The maximum Gasteiger partial charge on any atom is 0.573 e. The Morgan fingerprint density at radius 1 is 1.24 bits per heavy atom. The minimum atomic E-state index is -4.83. The van der Waals surface area contributed by atoms with E-state index in [1.807, 2.05) is 6.07 Å². The minimum absolute atomic E-state index is 0.0470. The molecular formula is C16H17F3N2O4. The van der Waals surface area contributed by atoms with E-state index in [0.29, 0.717) is 0 Å². The molecule has 0 bridgehead atoms. The van der Waals surface area contributed by atoms with Crippen LogP contribution in [-0.2, 0) is 9.53 Å². The van der Waals surface area contributed by atoms with Crippen LogP contribution < -0.4 is 10.1 Å². The first kappa shape index (κ1) is 20.3. The fourth-order valence-corrected chi connectivity index (χ4v) is 1.63. The summed E-state index contributed by atoms with van der Waals surface area (Å²) in [5.41, 5.74) is -1.16. The Morgan fingerprint density at radius 2 is 1.80 bits per heavy atom. The molecule has 1 rings (SSSR count). The summed E-state index contributed by atoms with van der Waals surface area (Å²) >= 11 is 0. The van der Waals surface area contributed by atoms with Crippen molar-refractivity contribution in [2.75, 3.05) is 6.61 Å². The summed E-state index contributed by atoms with van der Waals surface area (Å²) in [6, 6.07) is 6.04. The number of hydrogen-bond acceptors (Lipinski definition) is 5. The Bertz CT molecular complexity index is 665. The van der Waals surface area contributed by atoms with Gasteiger partial charge in [-0.05, 0) is 37.1 Å². The van der Waals surface area contributed by atoms with Crippen LogP contribution in [0.4, 0.5) is 13.2 Å². The van der Waals surface area contributed by atoms with Crippen molar-refractivity contribution in [3.05, 3.63) is 29.8 Å². The highest BCUT2D eigenvalue weighted by Gasteiger charge is 2.31. The van der Waals surface area contributed by atoms with E-state index in [0.717, 1.165) is 24.3 Å². The van der Waals surface area contributed by atoms with Crippen molar-refractivity contribution in [3.63, 3.8) is 0 Å². The number of halogens is 3. The number of hydrogen-bond donors (Lipinski definition) is 1. The van der Waals surface area contributed by atoms with Gasteiger partial charge in [0.1, 0.15) is 11.3 Å². The lowest BCUT2D eigenvalue weighted by atomic mass is 9.90. The molecule has 0 fully saturated rings. The third kappa shape index (κ3) is 6.33. The maximum atomic E-state index is 12.1. The number of nitrogens with zero attached hydrogens (tertiary/aromatic N) is 1. The average Bonchev–Trinajstić information content (AvgIpc) is 2.51. The molecule has 9 heteroatoms. The molecule has 0 radical (unpaired) electrons. The van der Waals surface area contributed by atoms with Crippen LogP contribution in [0.5, 0.6) is 5.75 Å². The number of ether oxygens (including phenoxy) is 2. The number of alkyl halides is 3. The lowest BCUT2D eigenvalue weighted by molar-refractivity contribution is -0.274. The zero-order chi connectivity index (χ0) is 19.3. The number of amides is 1. The molecule has 1 N–H and O–H groups in total. The Hall–Kier alpha value is -2.76. The Morgan fingerprint density at radius 3 is 2.24 bits per heavy atom. The number of esters is 1. The smallest absolute Gasteiger partial charge is 0.452 e. The summed E-state index contributed by atoms with van der Waals surface area (Å²) in [6.07, 6.45) is -4.83. The van der Waals surface area contributed by atoms with Gasteiger partial charge in [-0.15, -0.1) is 13.2 Å². The minimum Gasteiger partial charge on any atom is -0.452 e. The molecule has 0 spiro atoms. The van der Waals surface area contributed by atoms with Gasteiger partial charge in [-0.25, -0.2) is 4.79 Å². The predicted octanol–water partition coefficient (Wildman–Crippen LogP) is 2.80. The molecule has 0 aliphatic carbocycles. The largest absolute Gasteiger partial charge is 0.573 e. The van der Waals surface area contributed by atoms with Crippen LogP contribution in [0.3, 0.4) is 0 Å².